The number of aromatic amines is 1. The van der Waals surface area contributed by atoms with Crippen LogP contribution in [0.2, 0.25) is 0 Å². The van der Waals surface area contributed by atoms with Crippen molar-refractivity contribution in [2.75, 3.05) is 0 Å². The molecule has 0 saturated carbocycles. The van der Waals surface area contributed by atoms with Crippen molar-refractivity contribution in [1.29, 1.82) is 0 Å². The molecule has 0 radical (unpaired) electrons. The summed E-state index contributed by atoms with van der Waals surface area (Å²) < 4.78 is 14.1. The molecule has 0 spiro atoms. The number of H-pyrrole nitrogens is 1. The molecule has 0 atom stereocenters. The second-order valence-electron chi connectivity index (χ2n) is 6.07. The number of halogens is 1. The number of aromatic nitrogens is 2. The smallest absolute Gasteiger partial charge is 0.131 e. The van der Waals surface area contributed by atoms with Crippen LogP contribution in [0.4, 0.5) is 4.39 Å². The average molecular weight is 328 g/mol. The molecular weight excluding hydrogens is 311 g/mol. The first-order valence-electron chi connectivity index (χ1n) is 8.17. The zero-order valence-corrected chi connectivity index (χ0v) is 13.8. The summed E-state index contributed by atoms with van der Waals surface area (Å²) >= 11 is 0. The van der Waals surface area contributed by atoms with Gasteiger partial charge in [0.1, 0.15) is 5.82 Å². The van der Waals surface area contributed by atoms with Crippen LogP contribution in [0.5, 0.6) is 0 Å². The molecule has 0 aliphatic carbocycles. The van der Waals surface area contributed by atoms with Crippen LogP contribution in [0.1, 0.15) is 5.56 Å². The third-order valence-electron chi connectivity index (χ3n) is 4.28. The Morgan fingerprint density at radius 1 is 0.840 bits per heavy atom. The van der Waals surface area contributed by atoms with Gasteiger partial charge in [-0.1, -0.05) is 35.9 Å². The first-order chi connectivity index (χ1) is 12.2. The molecule has 2 aromatic heterocycles. The van der Waals surface area contributed by atoms with Crippen LogP contribution < -0.4 is 0 Å². The van der Waals surface area contributed by atoms with Crippen LogP contribution in [0, 0.1) is 12.7 Å². The number of aryl methyl sites for hydroxylation is 1. The summed E-state index contributed by atoms with van der Waals surface area (Å²) in [7, 11) is 0. The van der Waals surface area contributed by atoms with Crippen LogP contribution in [0.25, 0.3) is 33.6 Å². The molecule has 0 aliphatic rings. The maximum absolute atomic E-state index is 14.1. The van der Waals surface area contributed by atoms with E-state index in [9.17, 15) is 4.39 Å². The zero-order valence-electron chi connectivity index (χ0n) is 13.8. The summed E-state index contributed by atoms with van der Waals surface area (Å²) in [6.07, 6.45) is 3.69. The fraction of sp³-hybridized carbons (Fsp3) is 0.0455. The third kappa shape index (κ3) is 3.09. The Morgan fingerprint density at radius 2 is 1.64 bits per heavy atom. The van der Waals surface area contributed by atoms with Gasteiger partial charge in [0.15, 0.2) is 0 Å². The molecule has 0 amide bonds. The topological polar surface area (TPSA) is 28.7 Å². The Labute approximate surface area is 146 Å². The molecule has 4 aromatic rings. The normalized spacial score (nSPS) is 10.8. The molecular formula is C22H17FN2. The highest BCUT2D eigenvalue weighted by Crippen LogP contribution is 2.28. The molecule has 3 heteroatoms. The number of hydrogen-bond donors (Lipinski definition) is 1. The molecule has 0 bridgehead atoms. The lowest BCUT2D eigenvalue weighted by Gasteiger charge is -2.08. The Morgan fingerprint density at radius 3 is 2.40 bits per heavy atom. The average Bonchev–Trinajstić information content (AvgIpc) is 3.19. The number of nitrogens with zero attached hydrogens (tertiary/aromatic N) is 1. The molecule has 0 saturated heterocycles. The van der Waals surface area contributed by atoms with E-state index < -0.39 is 0 Å². The van der Waals surface area contributed by atoms with Crippen molar-refractivity contribution in [2.24, 2.45) is 0 Å². The van der Waals surface area contributed by atoms with Crippen LogP contribution in [0.3, 0.4) is 0 Å². The van der Waals surface area contributed by atoms with Crippen molar-refractivity contribution in [3.63, 3.8) is 0 Å². The Bertz CT molecular complexity index is 1000. The van der Waals surface area contributed by atoms with E-state index in [1.54, 1.807) is 12.3 Å². The minimum Gasteiger partial charge on any atom is -0.360 e. The number of benzene rings is 2. The number of nitrogens with one attached hydrogen (secondary N) is 1. The molecule has 2 heterocycles. The van der Waals surface area contributed by atoms with Gasteiger partial charge in [-0.25, -0.2) is 4.39 Å². The molecule has 1 N–H and O–H groups in total. The summed E-state index contributed by atoms with van der Waals surface area (Å²) in [5.41, 5.74) is 6.60. The lowest BCUT2D eigenvalue weighted by Crippen LogP contribution is -1.87. The van der Waals surface area contributed by atoms with Gasteiger partial charge < -0.3 is 4.98 Å². The summed E-state index contributed by atoms with van der Waals surface area (Å²) in [6, 6.07) is 21.1. The van der Waals surface area contributed by atoms with Gasteiger partial charge in [-0.05, 0) is 60.0 Å². The number of pyridine rings is 1. The van der Waals surface area contributed by atoms with E-state index in [0.717, 1.165) is 33.6 Å². The van der Waals surface area contributed by atoms with Crippen molar-refractivity contribution in [2.45, 2.75) is 6.92 Å². The molecule has 122 valence electrons. The lowest BCUT2D eigenvalue weighted by molar-refractivity contribution is 0.631. The van der Waals surface area contributed by atoms with Crippen molar-refractivity contribution in [3.05, 3.63) is 90.5 Å². The second kappa shape index (κ2) is 6.36. The molecule has 2 nitrogen and oxygen atoms in total. The third-order valence-corrected chi connectivity index (χ3v) is 4.28. The van der Waals surface area contributed by atoms with Crippen molar-refractivity contribution >= 4 is 0 Å². The van der Waals surface area contributed by atoms with Crippen molar-refractivity contribution < 1.29 is 4.39 Å². The highest BCUT2D eigenvalue weighted by atomic mass is 19.1. The number of rotatable bonds is 3. The molecule has 0 aliphatic heterocycles. The van der Waals surface area contributed by atoms with Crippen LogP contribution in [-0.4, -0.2) is 9.97 Å². The summed E-state index contributed by atoms with van der Waals surface area (Å²) in [5, 5.41) is 0. The maximum atomic E-state index is 14.1. The summed E-state index contributed by atoms with van der Waals surface area (Å²) in [6.45, 7) is 1.97. The van der Waals surface area contributed by atoms with Crippen LogP contribution >= 0.6 is 0 Å². The SMILES string of the molecule is Cc1ccc(F)c(-c2ccc(-c3ccnc(-c4ccc[nH]4)c3)cc2)c1. The van der Waals surface area contributed by atoms with Gasteiger partial charge in [0, 0.05) is 18.0 Å². The van der Waals surface area contributed by atoms with Gasteiger partial charge in [0.2, 0.25) is 0 Å². The monoisotopic (exact) mass is 328 g/mol. The first kappa shape index (κ1) is 15.3. The highest BCUT2D eigenvalue weighted by molar-refractivity contribution is 5.73. The Kier molecular flexibility index (Phi) is 3.90. The quantitative estimate of drug-likeness (QED) is 0.501. The maximum Gasteiger partial charge on any atom is 0.131 e. The molecule has 0 fully saturated rings. The van der Waals surface area contributed by atoms with E-state index in [-0.39, 0.29) is 5.82 Å². The second-order valence-corrected chi connectivity index (χ2v) is 6.07. The molecule has 2 aromatic carbocycles. The van der Waals surface area contributed by atoms with E-state index in [0.29, 0.717) is 5.56 Å². The van der Waals surface area contributed by atoms with E-state index in [1.165, 1.54) is 6.07 Å². The minimum absolute atomic E-state index is 0.198. The highest BCUT2D eigenvalue weighted by Gasteiger charge is 2.07. The van der Waals surface area contributed by atoms with Crippen LogP contribution in [0.15, 0.2) is 79.1 Å². The fourth-order valence-electron chi connectivity index (χ4n) is 2.95. The van der Waals surface area contributed by atoms with E-state index in [4.69, 9.17) is 0 Å². The van der Waals surface area contributed by atoms with Gasteiger partial charge in [-0.2, -0.15) is 0 Å². The van der Waals surface area contributed by atoms with Crippen molar-refractivity contribution in [1.82, 2.24) is 9.97 Å². The Balaban J connectivity index is 1.69. The van der Waals surface area contributed by atoms with Gasteiger partial charge >= 0.3 is 0 Å². The standard InChI is InChI=1S/C22H17FN2/c1-15-4-9-20(23)19(13-15)17-7-5-16(6-8-17)18-10-12-25-22(14-18)21-3-2-11-24-21/h2-14,24H,1H3. The predicted molar refractivity (Wildman–Crippen MR) is 99.6 cm³/mol. The van der Waals surface area contributed by atoms with Gasteiger partial charge in [-0.15, -0.1) is 0 Å². The van der Waals surface area contributed by atoms with Gasteiger partial charge in [0.05, 0.1) is 11.4 Å². The van der Waals surface area contributed by atoms with E-state index in [1.807, 2.05) is 67.7 Å². The number of hydrogen-bond acceptors (Lipinski definition) is 1. The van der Waals surface area contributed by atoms with Crippen molar-refractivity contribution in [3.8, 4) is 33.6 Å². The first-order valence-corrected chi connectivity index (χ1v) is 8.17. The summed E-state index contributed by atoms with van der Waals surface area (Å²) in [5.74, 6) is -0.198. The Hall–Kier alpha value is -3.20. The van der Waals surface area contributed by atoms with Crippen LogP contribution in [-0.2, 0) is 0 Å². The predicted octanol–water partition coefficient (Wildman–Crippen LogP) is 5.86. The molecule has 0 unspecified atom stereocenters. The summed E-state index contributed by atoms with van der Waals surface area (Å²) in [4.78, 5) is 7.58. The van der Waals surface area contributed by atoms with Gasteiger partial charge in [-0.3, -0.25) is 4.98 Å². The largest absolute Gasteiger partial charge is 0.360 e. The molecule has 25 heavy (non-hydrogen) atoms. The zero-order chi connectivity index (χ0) is 17.2. The lowest BCUT2D eigenvalue weighted by atomic mass is 9.99. The minimum atomic E-state index is -0.198. The fourth-order valence-corrected chi connectivity index (χ4v) is 2.95. The van der Waals surface area contributed by atoms with Gasteiger partial charge in [0.25, 0.3) is 0 Å². The molecule has 4 rings (SSSR count). The van der Waals surface area contributed by atoms with E-state index >= 15 is 0 Å². The van der Waals surface area contributed by atoms with E-state index in [2.05, 4.69) is 9.97 Å².